The molecule has 1 amide bonds. The van der Waals surface area contributed by atoms with E-state index in [9.17, 15) is 4.79 Å². The number of nitrogens with two attached hydrogens (primary N) is 1. The van der Waals surface area contributed by atoms with Crippen molar-refractivity contribution >= 4 is 41.4 Å². The van der Waals surface area contributed by atoms with Crippen LogP contribution in [0.1, 0.15) is 47.3 Å². The predicted molar refractivity (Wildman–Crippen MR) is 117 cm³/mol. The highest BCUT2D eigenvalue weighted by atomic mass is 35.5. The number of thiophene rings is 1. The van der Waals surface area contributed by atoms with Crippen LogP contribution in [0.3, 0.4) is 0 Å². The summed E-state index contributed by atoms with van der Waals surface area (Å²) in [5.41, 5.74) is 7.03. The van der Waals surface area contributed by atoms with E-state index in [1.165, 1.54) is 24.1 Å². The first-order valence-corrected chi connectivity index (χ1v) is 11.4. The molecule has 2 aliphatic carbocycles. The summed E-state index contributed by atoms with van der Waals surface area (Å²) in [5, 5.41) is 5.48. The molecule has 0 aliphatic heterocycles. The molecule has 1 aromatic carbocycles. The minimum atomic E-state index is 0. The Kier molecular flexibility index (Phi) is 7.26. The van der Waals surface area contributed by atoms with Crippen molar-refractivity contribution in [2.75, 3.05) is 0 Å². The van der Waals surface area contributed by atoms with Crippen LogP contribution >= 0.6 is 35.5 Å². The molecule has 3 nitrogen and oxygen atoms in total. The molecular weight excluding hydrogens is 396 g/mol. The molecule has 2 atom stereocenters. The molecule has 1 aromatic heterocycles. The topological polar surface area (TPSA) is 55.1 Å². The highest BCUT2D eigenvalue weighted by molar-refractivity contribution is 7.98. The first-order valence-electron chi connectivity index (χ1n) is 9.51. The Bertz CT molecular complexity index is 738. The van der Waals surface area contributed by atoms with Gasteiger partial charge in [0.15, 0.2) is 0 Å². The third-order valence-electron chi connectivity index (χ3n) is 5.76. The molecule has 0 saturated heterocycles. The lowest BCUT2D eigenvalue weighted by Crippen LogP contribution is -2.53. The summed E-state index contributed by atoms with van der Waals surface area (Å²) in [6.07, 6.45) is 5.78. The number of hydrogen-bond acceptors (Lipinski definition) is 4. The van der Waals surface area contributed by atoms with Crippen molar-refractivity contribution in [3.8, 4) is 0 Å². The zero-order valence-corrected chi connectivity index (χ0v) is 17.8. The molecule has 2 unspecified atom stereocenters. The minimum absolute atomic E-state index is 0. The van der Waals surface area contributed by atoms with E-state index in [-0.39, 0.29) is 18.3 Å². The van der Waals surface area contributed by atoms with Gasteiger partial charge in [0.05, 0.1) is 5.56 Å². The van der Waals surface area contributed by atoms with Crippen LogP contribution in [-0.4, -0.2) is 18.0 Å². The van der Waals surface area contributed by atoms with Crippen molar-refractivity contribution in [3.05, 3.63) is 52.2 Å². The fraction of sp³-hybridized carbons (Fsp3) is 0.476. The molecule has 146 valence electrons. The lowest BCUT2D eigenvalue weighted by Gasteiger charge is -2.45. The van der Waals surface area contributed by atoms with E-state index in [2.05, 4.69) is 28.9 Å². The Morgan fingerprint density at radius 3 is 2.59 bits per heavy atom. The Morgan fingerprint density at radius 2 is 1.89 bits per heavy atom. The van der Waals surface area contributed by atoms with Crippen LogP contribution in [0.15, 0.2) is 46.7 Å². The Labute approximate surface area is 175 Å². The summed E-state index contributed by atoms with van der Waals surface area (Å²) in [5.74, 6) is 2.09. The summed E-state index contributed by atoms with van der Waals surface area (Å²) in [6.45, 7) is 0. The van der Waals surface area contributed by atoms with Crippen molar-refractivity contribution in [2.24, 2.45) is 17.6 Å². The van der Waals surface area contributed by atoms with Crippen LogP contribution in [0.5, 0.6) is 0 Å². The monoisotopic (exact) mass is 422 g/mol. The van der Waals surface area contributed by atoms with Gasteiger partial charge >= 0.3 is 0 Å². The van der Waals surface area contributed by atoms with Gasteiger partial charge in [0, 0.05) is 27.6 Å². The Hall–Kier alpha value is -1.01. The van der Waals surface area contributed by atoms with E-state index in [0.717, 1.165) is 29.1 Å². The van der Waals surface area contributed by atoms with E-state index in [4.69, 9.17) is 5.73 Å². The smallest absolute Gasteiger partial charge is 0.252 e. The molecule has 3 N–H and O–H groups in total. The lowest BCUT2D eigenvalue weighted by atomic mass is 9.67. The highest BCUT2D eigenvalue weighted by Gasteiger charge is 2.40. The quantitative estimate of drug-likeness (QED) is 0.659. The van der Waals surface area contributed by atoms with Crippen LogP contribution in [0.2, 0.25) is 0 Å². The molecule has 27 heavy (non-hydrogen) atoms. The van der Waals surface area contributed by atoms with Gasteiger partial charge in [0.25, 0.3) is 5.91 Å². The summed E-state index contributed by atoms with van der Waals surface area (Å²) < 4.78 is 0. The number of carbonyl (C=O) groups is 1. The van der Waals surface area contributed by atoms with E-state index in [1.807, 2.05) is 18.2 Å². The molecule has 4 rings (SSSR count). The fourth-order valence-corrected chi connectivity index (χ4v) is 6.40. The highest BCUT2D eigenvalue weighted by Crippen LogP contribution is 2.40. The summed E-state index contributed by atoms with van der Waals surface area (Å²) in [6, 6.07) is 12.8. The van der Waals surface area contributed by atoms with Gasteiger partial charge in [0.2, 0.25) is 0 Å². The molecule has 6 heteroatoms. The molecule has 2 fully saturated rings. The van der Waals surface area contributed by atoms with Crippen LogP contribution in [0, 0.1) is 11.8 Å². The normalized spacial score (nSPS) is 26.9. The molecule has 0 spiro atoms. The average molecular weight is 423 g/mol. The molecular formula is C21H27ClN2OS2. The number of hydrogen-bond donors (Lipinski definition) is 2. The zero-order chi connectivity index (χ0) is 17.9. The van der Waals surface area contributed by atoms with Gasteiger partial charge in [-0.25, -0.2) is 0 Å². The summed E-state index contributed by atoms with van der Waals surface area (Å²) >= 11 is 3.51. The standard InChI is InChI=1S/C21H26N2OS2.ClH/c22-16-11-14-5-3-6-15(12-16)20(14)23-21(24)18-8-1-2-9-19(18)26-13-17-7-4-10-25-17;/h1-2,4,7-10,14-16,20H,3,5-6,11-13,22H2,(H,23,24);1H. The van der Waals surface area contributed by atoms with Crippen molar-refractivity contribution < 1.29 is 4.79 Å². The Balaban J connectivity index is 0.00000210. The summed E-state index contributed by atoms with van der Waals surface area (Å²) in [7, 11) is 0. The third-order valence-corrected chi connectivity index (χ3v) is 7.94. The minimum Gasteiger partial charge on any atom is -0.349 e. The van der Waals surface area contributed by atoms with Gasteiger partial charge in [-0.05, 0) is 61.1 Å². The van der Waals surface area contributed by atoms with Crippen molar-refractivity contribution in [1.82, 2.24) is 5.32 Å². The second-order valence-electron chi connectivity index (χ2n) is 7.55. The number of carbonyl (C=O) groups excluding carboxylic acids is 1. The molecule has 1 heterocycles. The predicted octanol–water partition coefficient (Wildman–Crippen LogP) is 5.10. The number of halogens is 1. The fourth-order valence-electron chi connectivity index (χ4n) is 4.58. The number of amides is 1. The van der Waals surface area contributed by atoms with E-state index < -0.39 is 0 Å². The van der Waals surface area contributed by atoms with Gasteiger partial charge in [-0.2, -0.15) is 0 Å². The van der Waals surface area contributed by atoms with Crippen molar-refractivity contribution in [2.45, 2.75) is 54.8 Å². The number of rotatable bonds is 5. The van der Waals surface area contributed by atoms with Gasteiger partial charge < -0.3 is 11.1 Å². The van der Waals surface area contributed by atoms with Crippen LogP contribution in [0.4, 0.5) is 0 Å². The maximum absolute atomic E-state index is 13.1. The molecule has 2 aromatic rings. The first kappa shape index (κ1) is 20.7. The average Bonchev–Trinajstić information content (AvgIpc) is 3.14. The third kappa shape index (κ3) is 4.89. The van der Waals surface area contributed by atoms with Crippen LogP contribution in [0.25, 0.3) is 0 Å². The van der Waals surface area contributed by atoms with E-state index >= 15 is 0 Å². The lowest BCUT2D eigenvalue weighted by molar-refractivity contribution is 0.0753. The molecule has 2 bridgehead atoms. The van der Waals surface area contributed by atoms with Crippen molar-refractivity contribution in [3.63, 3.8) is 0 Å². The maximum Gasteiger partial charge on any atom is 0.252 e. The zero-order valence-electron chi connectivity index (χ0n) is 15.3. The first-order chi connectivity index (χ1) is 12.7. The molecule has 2 saturated carbocycles. The van der Waals surface area contributed by atoms with Gasteiger partial charge in [0.1, 0.15) is 0 Å². The van der Waals surface area contributed by atoms with E-state index in [0.29, 0.717) is 23.9 Å². The molecule has 0 radical (unpaired) electrons. The van der Waals surface area contributed by atoms with Crippen LogP contribution in [-0.2, 0) is 5.75 Å². The van der Waals surface area contributed by atoms with Gasteiger partial charge in [-0.15, -0.1) is 35.5 Å². The summed E-state index contributed by atoms with van der Waals surface area (Å²) in [4.78, 5) is 15.5. The molecule has 2 aliphatic rings. The number of thioether (sulfide) groups is 1. The Morgan fingerprint density at radius 1 is 1.15 bits per heavy atom. The maximum atomic E-state index is 13.1. The number of fused-ring (bicyclic) bond motifs is 2. The van der Waals surface area contributed by atoms with Crippen LogP contribution < -0.4 is 11.1 Å². The van der Waals surface area contributed by atoms with Crippen molar-refractivity contribution in [1.29, 1.82) is 0 Å². The van der Waals surface area contributed by atoms with Gasteiger partial charge in [-0.3, -0.25) is 4.79 Å². The number of nitrogens with one attached hydrogen (secondary N) is 1. The second-order valence-corrected chi connectivity index (χ2v) is 9.60. The second kappa shape index (κ2) is 9.46. The number of benzene rings is 1. The van der Waals surface area contributed by atoms with E-state index in [1.54, 1.807) is 23.1 Å². The van der Waals surface area contributed by atoms with Gasteiger partial charge in [-0.1, -0.05) is 24.6 Å². The largest absolute Gasteiger partial charge is 0.349 e. The SMILES string of the molecule is Cl.NC1CC2CCCC(C1)C2NC(=O)c1ccccc1SCc1cccs1.